The van der Waals surface area contributed by atoms with Crippen molar-refractivity contribution in [2.24, 2.45) is 11.7 Å². The molecule has 2 atom stereocenters. The third-order valence-electron chi connectivity index (χ3n) is 4.24. The van der Waals surface area contributed by atoms with E-state index in [4.69, 9.17) is 18.0 Å². The van der Waals surface area contributed by atoms with Crippen molar-refractivity contribution < 1.29 is 4.39 Å². The highest BCUT2D eigenvalue weighted by atomic mass is 32.1. The van der Waals surface area contributed by atoms with Crippen LogP contribution >= 0.6 is 12.2 Å². The van der Waals surface area contributed by atoms with E-state index in [-0.39, 0.29) is 10.8 Å². The topological polar surface area (TPSA) is 29.3 Å². The molecule has 1 aromatic rings. The SMILES string of the molecule is NC(=S)c1cccc(CN2CC3CCC2C3)c1F. The summed E-state index contributed by atoms with van der Waals surface area (Å²) in [6.45, 7) is 1.80. The van der Waals surface area contributed by atoms with E-state index in [1.54, 1.807) is 6.07 Å². The van der Waals surface area contributed by atoms with Crippen LogP contribution in [0.25, 0.3) is 0 Å². The van der Waals surface area contributed by atoms with Crippen LogP contribution in [0.1, 0.15) is 30.4 Å². The molecule has 2 bridgehead atoms. The van der Waals surface area contributed by atoms with Crippen LogP contribution in [0.4, 0.5) is 4.39 Å². The molecule has 1 saturated carbocycles. The fraction of sp³-hybridized carbons (Fsp3) is 0.500. The second-order valence-corrected chi connectivity index (χ2v) is 5.85. The summed E-state index contributed by atoms with van der Waals surface area (Å²) < 4.78 is 14.2. The van der Waals surface area contributed by atoms with Crippen LogP contribution in [0.15, 0.2) is 18.2 Å². The molecule has 1 saturated heterocycles. The molecule has 1 heterocycles. The molecular weight excluding hydrogens is 247 g/mol. The van der Waals surface area contributed by atoms with Gasteiger partial charge in [0.2, 0.25) is 0 Å². The number of hydrogen-bond acceptors (Lipinski definition) is 2. The molecule has 96 valence electrons. The monoisotopic (exact) mass is 264 g/mol. The molecule has 2 nitrogen and oxygen atoms in total. The first-order valence-electron chi connectivity index (χ1n) is 6.46. The number of fused-ring (bicyclic) bond motifs is 2. The van der Waals surface area contributed by atoms with Crippen LogP contribution < -0.4 is 5.73 Å². The number of benzene rings is 1. The van der Waals surface area contributed by atoms with Gasteiger partial charge in [0.25, 0.3) is 0 Å². The zero-order valence-electron chi connectivity index (χ0n) is 10.2. The molecule has 18 heavy (non-hydrogen) atoms. The Morgan fingerprint density at radius 3 is 2.89 bits per heavy atom. The van der Waals surface area contributed by atoms with Crippen LogP contribution in [-0.4, -0.2) is 22.5 Å². The van der Waals surface area contributed by atoms with Crippen molar-refractivity contribution in [3.8, 4) is 0 Å². The number of nitrogens with two attached hydrogens (primary N) is 1. The van der Waals surface area contributed by atoms with Crippen LogP contribution in [0.5, 0.6) is 0 Å². The second kappa shape index (κ2) is 4.59. The zero-order chi connectivity index (χ0) is 12.7. The molecule has 0 aromatic heterocycles. The van der Waals surface area contributed by atoms with Gasteiger partial charge in [-0.3, -0.25) is 4.90 Å². The molecule has 1 aromatic carbocycles. The normalized spacial score (nSPS) is 26.7. The van der Waals surface area contributed by atoms with Crippen molar-refractivity contribution in [3.05, 3.63) is 35.1 Å². The maximum atomic E-state index is 14.2. The molecule has 2 aliphatic rings. The van der Waals surface area contributed by atoms with E-state index in [9.17, 15) is 4.39 Å². The lowest BCUT2D eigenvalue weighted by Crippen LogP contribution is -2.32. The summed E-state index contributed by atoms with van der Waals surface area (Å²) in [5.41, 5.74) is 6.61. The number of halogens is 1. The first-order chi connectivity index (χ1) is 8.65. The van der Waals surface area contributed by atoms with Gasteiger partial charge < -0.3 is 5.73 Å². The van der Waals surface area contributed by atoms with Gasteiger partial charge in [0, 0.05) is 30.3 Å². The Bertz CT molecular complexity index is 489. The quantitative estimate of drug-likeness (QED) is 0.850. The van der Waals surface area contributed by atoms with E-state index in [1.165, 1.54) is 19.3 Å². The molecule has 4 heteroatoms. The highest BCUT2D eigenvalue weighted by Gasteiger charge is 2.37. The molecule has 0 spiro atoms. The molecule has 2 N–H and O–H groups in total. The molecule has 0 radical (unpaired) electrons. The summed E-state index contributed by atoms with van der Waals surface area (Å²) >= 11 is 4.87. The lowest BCUT2D eigenvalue weighted by molar-refractivity contribution is 0.203. The van der Waals surface area contributed by atoms with Crippen molar-refractivity contribution in [1.82, 2.24) is 4.90 Å². The van der Waals surface area contributed by atoms with E-state index in [0.717, 1.165) is 12.5 Å². The summed E-state index contributed by atoms with van der Waals surface area (Å²) in [5.74, 6) is 0.588. The minimum absolute atomic E-state index is 0.136. The average Bonchev–Trinajstić information content (AvgIpc) is 2.93. The third kappa shape index (κ3) is 2.04. The molecule has 3 rings (SSSR count). The Labute approximate surface area is 112 Å². The third-order valence-corrected chi connectivity index (χ3v) is 4.46. The molecule has 0 amide bonds. The number of hydrogen-bond donors (Lipinski definition) is 1. The van der Waals surface area contributed by atoms with Gasteiger partial charge in [-0.25, -0.2) is 4.39 Å². The minimum Gasteiger partial charge on any atom is -0.389 e. The smallest absolute Gasteiger partial charge is 0.137 e. The maximum Gasteiger partial charge on any atom is 0.137 e. The lowest BCUT2D eigenvalue weighted by atomic mass is 10.1. The number of thiocarbonyl (C=S) groups is 1. The Hall–Kier alpha value is -1.00. The van der Waals surface area contributed by atoms with Crippen LogP contribution in [0.3, 0.4) is 0 Å². The Kier molecular flexibility index (Phi) is 3.08. The predicted molar refractivity (Wildman–Crippen MR) is 73.8 cm³/mol. The molecule has 1 aliphatic heterocycles. The van der Waals surface area contributed by atoms with Crippen molar-refractivity contribution in [1.29, 1.82) is 0 Å². The van der Waals surface area contributed by atoms with Crippen molar-refractivity contribution in [2.45, 2.75) is 31.8 Å². The van der Waals surface area contributed by atoms with Gasteiger partial charge in [-0.1, -0.05) is 24.4 Å². The number of likely N-dealkylation sites (tertiary alicyclic amines) is 1. The molecular formula is C14H17FN2S. The fourth-order valence-electron chi connectivity index (χ4n) is 3.33. The average molecular weight is 264 g/mol. The van der Waals surface area contributed by atoms with Crippen molar-refractivity contribution in [3.63, 3.8) is 0 Å². The largest absolute Gasteiger partial charge is 0.389 e. The summed E-state index contributed by atoms with van der Waals surface area (Å²) in [5, 5.41) is 0. The predicted octanol–water partition coefficient (Wildman–Crippen LogP) is 2.44. The van der Waals surface area contributed by atoms with Gasteiger partial charge in [0.05, 0.1) is 0 Å². The van der Waals surface area contributed by atoms with E-state index in [1.807, 2.05) is 12.1 Å². The second-order valence-electron chi connectivity index (χ2n) is 5.41. The minimum atomic E-state index is -0.243. The van der Waals surface area contributed by atoms with Crippen molar-refractivity contribution in [2.75, 3.05) is 6.54 Å². The first kappa shape index (κ1) is 12.1. The Morgan fingerprint density at radius 2 is 2.28 bits per heavy atom. The zero-order valence-corrected chi connectivity index (χ0v) is 11.0. The highest BCUT2D eigenvalue weighted by molar-refractivity contribution is 7.80. The number of rotatable bonds is 3. The first-order valence-corrected chi connectivity index (χ1v) is 6.87. The van der Waals surface area contributed by atoms with Crippen LogP contribution in [0, 0.1) is 11.7 Å². The van der Waals surface area contributed by atoms with E-state index in [0.29, 0.717) is 23.7 Å². The van der Waals surface area contributed by atoms with Gasteiger partial charge in [0.1, 0.15) is 10.8 Å². The Morgan fingerprint density at radius 1 is 1.44 bits per heavy atom. The van der Waals surface area contributed by atoms with E-state index in [2.05, 4.69) is 4.90 Å². The highest BCUT2D eigenvalue weighted by Crippen LogP contribution is 2.38. The molecule has 1 aliphatic carbocycles. The summed E-state index contributed by atoms with van der Waals surface area (Å²) in [4.78, 5) is 2.54. The summed E-state index contributed by atoms with van der Waals surface area (Å²) in [6.07, 6.45) is 3.90. The number of piperidine rings is 1. The molecule has 2 unspecified atom stereocenters. The maximum absolute atomic E-state index is 14.2. The lowest BCUT2D eigenvalue weighted by Gasteiger charge is -2.27. The van der Waals surface area contributed by atoms with Crippen LogP contribution in [0.2, 0.25) is 0 Å². The number of nitrogens with zero attached hydrogens (tertiary/aromatic N) is 1. The van der Waals surface area contributed by atoms with Gasteiger partial charge in [-0.05, 0) is 31.2 Å². The standard InChI is InChI=1S/C14H17FN2S/c15-13-10(2-1-3-12(13)14(16)18)8-17-7-9-4-5-11(17)6-9/h1-3,9,11H,4-8H2,(H2,16,18). The summed E-state index contributed by atoms with van der Waals surface area (Å²) in [6, 6.07) is 5.98. The van der Waals surface area contributed by atoms with E-state index < -0.39 is 0 Å². The van der Waals surface area contributed by atoms with Gasteiger partial charge in [-0.15, -0.1) is 0 Å². The van der Waals surface area contributed by atoms with Gasteiger partial charge >= 0.3 is 0 Å². The van der Waals surface area contributed by atoms with Gasteiger partial charge in [-0.2, -0.15) is 0 Å². The van der Waals surface area contributed by atoms with Crippen LogP contribution in [-0.2, 0) is 6.54 Å². The molecule has 2 fully saturated rings. The summed E-state index contributed by atoms with van der Waals surface area (Å²) in [7, 11) is 0. The van der Waals surface area contributed by atoms with E-state index >= 15 is 0 Å². The fourth-order valence-corrected chi connectivity index (χ4v) is 3.49. The Balaban J connectivity index is 1.81. The van der Waals surface area contributed by atoms with Gasteiger partial charge in [0.15, 0.2) is 0 Å². The van der Waals surface area contributed by atoms with Crippen molar-refractivity contribution >= 4 is 17.2 Å².